The molecule has 0 aliphatic carbocycles. The minimum atomic E-state index is 0.683. The molecule has 2 N–H and O–H groups in total. The molecule has 3 rings (SSSR count). The molecule has 3 aromatic rings. The SMILES string of the molecule is Clc1ccc(NCc2cn[nH]c2-c2cccnc2)cc1. The van der Waals surface area contributed by atoms with Crippen LogP contribution in [0.1, 0.15) is 5.56 Å². The monoisotopic (exact) mass is 284 g/mol. The van der Waals surface area contributed by atoms with Gasteiger partial charge in [0.25, 0.3) is 0 Å². The Labute approximate surface area is 121 Å². The average molecular weight is 285 g/mol. The maximum atomic E-state index is 5.87. The van der Waals surface area contributed by atoms with Crippen LogP contribution in [0.2, 0.25) is 5.02 Å². The van der Waals surface area contributed by atoms with Crippen LogP contribution in [0.3, 0.4) is 0 Å². The third-order valence-electron chi connectivity index (χ3n) is 3.00. The first kappa shape index (κ1) is 12.7. The molecule has 0 spiro atoms. The first-order valence-corrected chi connectivity index (χ1v) is 6.63. The summed E-state index contributed by atoms with van der Waals surface area (Å²) in [6, 6.07) is 11.5. The van der Waals surface area contributed by atoms with Crippen molar-refractivity contribution in [3.05, 3.63) is 65.6 Å². The quantitative estimate of drug-likeness (QED) is 0.767. The summed E-state index contributed by atoms with van der Waals surface area (Å²) in [5.41, 5.74) is 4.12. The molecule has 2 aromatic heterocycles. The molecule has 0 radical (unpaired) electrons. The Kier molecular flexibility index (Phi) is 3.65. The molecule has 0 fully saturated rings. The van der Waals surface area contributed by atoms with Gasteiger partial charge in [0, 0.05) is 40.8 Å². The van der Waals surface area contributed by atoms with E-state index in [9.17, 15) is 0 Å². The standard InChI is InChI=1S/C15H13ClN4/c16-13-3-5-14(6-4-13)18-9-12-10-19-20-15(12)11-2-1-7-17-8-11/h1-8,10,18H,9H2,(H,19,20). The van der Waals surface area contributed by atoms with Crippen LogP contribution in [0, 0.1) is 0 Å². The number of anilines is 1. The van der Waals surface area contributed by atoms with Gasteiger partial charge in [0.15, 0.2) is 0 Å². The zero-order valence-corrected chi connectivity index (χ0v) is 11.4. The van der Waals surface area contributed by atoms with Crippen LogP contribution in [0.15, 0.2) is 55.0 Å². The second-order valence-electron chi connectivity index (χ2n) is 4.37. The number of hydrogen-bond donors (Lipinski definition) is 2. The normalized spacial score (nSPS) is 10.4. The second kappa shape index (κ2) is 5.75. The highest BCUT2D eigenvalue weighted by molar-refractivity contribution is 6.30. The van der Waals surface area contributed by atoms with Gasteiger partial charge in [-0.15, -0.1) is 0 Å². The molecule has 0 atom stereocenters. The molecule has 0 aliphatic heterocycles. The first-order valence-electron chi connectivity index (χ1n) is 6.25. The molecule has 0 saturated carbocycles. The van der Waals surface area contributed by atoms with Crippen LogP contribution >= 0.6 is 11.6 Å². The Bertz CT molecular complexity index is 677. The zero-order chi connectivity index (χ0) is 13.8. The predicted octanol–water partition coefficient (Wildman–Crippen LogP) is 3.74. The van der Waals surface area contributed by atoms with Crippen molar-refractivity contribution in [2.75, 3.05) is 5.32 Å². The van der Waals surface area contributed by atoms with Gasteiger partial charge in [0.1, 0.15) is 0 Å². The number of pyridine rings is 1. The van der Waals surface area contributed by atoms with E-state index in [1.807, 2.05) is 48.8 Å². The van der Waals surface area contributed by atoms with Crippen LogP contribution in [0.25, 0.3) is 11.3 Å². The van der Waals surface area contributed by atoms with E-state index in [4.69, 9.17) is 11.6 Å². The molecule has 0 saturated heterocycles. The molecule has 100 valence electrons. The van der Waals surface area contributed by atoms with Gasteiger partial charge >= 0.3 is 0 Å². The first-order chi connectivity index (χ1) is 9.83. The van der Waals surface area contributed by atoms with E-state index in [1.54, 1.807) is 6.20 Å². The Morgan fingerprint density at radius 2 is 1.95 bits per heavy atom. The van der Waals surface area contributed by atoms with Gasteiger partial charge in [-0.3, -0.25) is 10.1 Å². The van der Waals surface area contributed by atoms with Crippen molar-refractivity contribution in [3.63, 3.8) is 0 Å². The van der Waals surface area contributed by atoms with Crippen molar-refractivity contribution in [3.8, 4) is 11.3 Å². The fourth-order valence-electron chi connectivity index (χ4n) is 1.97. The van der Waals surface area contributed by atoms with Crippen molar-refractivity contribution in [1.82, 2.24) is 15.2 Å². The molecule has 20 heavy (non-hydrogen) atoms. The molecule has 1 aromatic carbocycles. The van der Waals surface area contributed by atoms with Gasteiger partial charge in [-0.1, -0.05) is 11.6 Å². The van der Waals surface area contributed by atoms with Crippen LogP contribution in [-0.2, 0) is 6.54 Å². The zero-order valence-electron chi connectivity index (χ0n) is 10.7. The maximum absolute atomic E-state index is 5.87. The molecule has 0 unspecified atom stereocenters. The maximum Gasteiger partial charge on any atom is 0.0715 e. The molecule has 5 heteroatoms. The van der Waals surface area contributed by atoms with E-state index in [2.05, 4.69) is 20.5 Å². The molecule has 2 heterocycles. The second-order valence-corrected chi connectivity index (χ2v) is 4.81. The van der Waals surface area contributed by atoms with Crippen molar-refractivity contribution < 1.29 is 0 Å². The van der Waals surface area contributed by atoms with E-state index in [1.165, 1.54) is 0 Å². The van der Waals surface area contributed by atoms with E-state index in [0.29, 0.717) is 6.54 Å². The predicted molar refractivity (Wildman–Crippen MR) is 80.6 cm³/mol. The van der Waals surface area contributed by atoms with Crippen LogP contribution in [0.4, 0.5) is 5.69 Å². The fourth-order valence-corrected chi connectivity index (χ4v) is 2.10. The van der Waals surface area contributed by atoms with E-state index >= 15 is 0 Å². The number of halogens is 1. The van der Waals surface area contributed by atoms with Crippen LogP contribution in [0.5, 0.6) is 0 Å². The summed E-state index contributed by atoms with van der Waals surface area (Å²) in [4.78, 5) is 4.13. The lowest BCUT2D eigenvalue weighted by Gasteiger charge is -2.07. The number of benzene rings is 1. The van der Waals surface area contributed by atoms with Crippen molar-refractivity contribution >= 4 is 17.3 Å². The molecular weight excluding hydrogens is 272 g/mol. The summed E-state index contributed by atoms with van der Waals surface area (Å²) in [6.45, 7) is 0.683. The number of aromatic nitrogens is 3. The third-order valence-corrected chi connectivity index (χ3v) is 3.25. The van der Waals surface area contributed by atoms with Crippen LogP contribution < -0.4 is 5.32 Å². The number of H-pyrrole nitrogens is 1. The molecule has 0 amide bonds. The summed E-state index contributed by atoms with van der Waals surface area (Å²) >= 11 is 5.87. The summed E-state index contributed by atoms with van der Waals surface area (Å²) in [5, 5.41) is 11.2. The molecule has 4 nitrogen and oxygen atoms in total. The molecular formula is C15H13ClN4. The lowest BCUT2D eigenvalue weighted by molar-refractivity contribution is 1.09. The van der Waals surface area contributed by atoms with Gasteiger partial charge in [-0.05, 0) is 36.4 Å². The number of aromatic amines is 1. The lowest BCUT2D eigenvalue weighted by Crippen LogP contribution is -1.99. The number of nitrogens with one attached hydrogen (secondary N) is 2. The van der Waals surface area contributed by atoms with E-state index in [0.717, 1.165) is 27.5 Å². The van der Waals surface area contributed by atoms with Crippen molar-refractivity contribution in [2.24, 2.45) is 0 Å². The highest BCUT2D eigenvalue weighted by atomic mass is 35.5. The van der Waals surface area contributed by atoms with Gasteiger partial charge in [0.2, 0.25) is 0 Å². The number of hydrogen-bond acceptors (Lipinski definition) is 3. The topological polar surface area (TPSA) is 53.6 Å². The average Bonchev–Trinajstić information content (AvgIpc) is 2.96. The largest absolute Gasteiger partial charge is 0.381 e. The lowest BCUT2D eigenvalue weighted by atomic mass is 10.1. The Morgan fingerprint density at radius 1 is 1.10 bits per heavy atom. The Hall–Kier alpha value is -2.33. The van der Waals surface area contributed by atoms with E-state index < -0.39 is 0 Å². The minimum absolute atomic E-state index is 0.683. The van der Waals surface area contributed by atoms with Crippen LogP contribution in [-0.4, -0.2) is 15.2 Å². The summed E-state index contributed by atoms with van der Waals surface area (Å²) in [7, 11) is 0. The third kappa shape index (κ3) is 2.81. The number of nitrogens with zero attached hydrogens (tertiary/aromatic N) is 2. The summed E-state index contributed by atoms with van der Waals surface area (Å²) in [6.07, 6.45) is 5.40. The molecule has 0 bridgehead atoms. The summed E-state index contributed by atoms with van der Waals surface area (Å²) < 4.78 is 0. The van der Waals surface area contributed by atoms with Gasteiger partial charge in [-0.2, -0.15) is 5.10 Å². The highest BCUT2D eigenvalue weighted by Crippen LogP contribution is 2.21. The summed E-state index contributed by atoms with van der Waals surface area (Å²) in [5.74, 6) is 0. The van der Waals surface area contributed by atoms with Gasteiger partial charge in [0.05, 0.1) is 11.9 Å². The highest BCUT2D eigenvalue weighted by Gasteiger charge is 2.07. The molecule has 0 aliphatic rings. The van der Waals surface area contributed by atoms with Crippen molar-refractivity contribution in [1.29, 1.82) is 0 Å². The smallest absolute Gasteiger partial charge is 0.0715 e. The van der Waals surface area contributed by atoms with Gasteiger partial charge < -0.3 is 5.32 Å². The minimum Gasteiger partial charge on any atom is -0.381 e. The van der Waals surface area contributed by atoms with Crippen molar-refractivity contribution in [2.45, 2.75) is 6.54 Å². The number of rotatable bonds is 4. The van der Waals surface area contributed by atoms with E-state index in [-0.39, 0.29) is 0 Å². The van der Waals surface area contributed by atoms with Gasteiger partial charge in [-0.25, -0.2) is 0 Å². The Balaban J connectivity index is 1.76. The fraction of sp³-hybridized carbons (Fsp3) is 0.0667. The Morgan fingerprint density at radius 3 is 2.70 bits per heavy atom.